The number of anilines is 2. The zero-order chi connectivity index (χ0) is 18.4. The van der Waals surface area contributed by atoms with Gasteiger partial charge < -0.3 is 4.90 Å². The van der Waals surface area contributed by atoms with Crippen molar-refractivity contribution in [3.8, 4) is 0 Å². The fourth-order valence-electron chi connectivity index (χ4n) is 5.07. The molecule has 5 rings (SSSR count). The van der Waals surface area contributed by atoms with E-state index in [2.05, 4.69) is 92.2 Å². The zero-order valence-electron chi connectivity index (χ0n) is 16.6. The van der Waals surface area contributed by atoms with Crippen molar-refractivity contribution in [1.29, 1.82) is 0 Å². The first-order valence-electron chi connectivity index (χ1n) is 9.57. The molecule has 0 atom stereocenters. The summed E-state index contributed by atoms with van der Waals surface area (Å²) in [5.74, 6) is 0. The molecule has 2 heterocycles. The molecule has 0 aromatic heterocycles. The van der Waals surface area contributed by atoms with Crippen LogP contribution in [0.3, 0.4) is 0 Å². The van der Waals surface area contributed by atoms with Crippen molar-refractivity contribution in [2.24, 2.45) is 0 Å². The number of hydrogen-bond acceptors (Lipinski definition) is 1. The maximum atomic E-state index is 3.53. The van der Waals surface area contributed by atoms with Gasteiger partial charge in [-0.05, 0) is 45.4 Å². The van der Waals surface area contributed by atoms with Crippen LogP contribution in [0.2, 0.25) is 0 Å². The minimum Gasteiger partial charge on any atom is -0.333 e. The van der Waals surface area contributed by atoms with Crippen LogP contribution in [0.1, 0.15) is 51.7 Å². The van der Waals surface area contributed by atoms with Gasteiger partial charge in [0.25, 0.3) is 11.4 Å². The number of nitrogens with zero attached hydrogens (tertiary/aromatic N) is 3. The Bertz CT molecular complexity index is 1050. The highest BCUT2D eigenvalue weighted by Gasteiger charge is 2.48. The second kappa shape index (κ2) is 4.66. The number of benzene rings is 2. The Morgan fingerprint density at radius 3 is 2.46 bits per heavy atom. The number of fused-ring (bicyclic) bond motifs is 4. The molecule has 1 aliphatic carbocycles. The van der Waals surface area contributed by atoms with Crippen LogP contribution in [-0.4, -0.2) is 24.7 Å². The van der Waals surface area contributed by atoms with Gasteiger partial charge in [-0.1, -0.05) is 44.4 Å². The molecule has 2 aromatic carbocycles. The summed E-state index contributed by atoms with van der Waals surface area (Å²) < 4.78 is 4.37. The Hall–Kier alpha value is -2.38. The van der Waals surface area contributed by atoms with Crippen LogP contribution in [-0.2, 0) is 10.8 Å². The molecule has 0 radical (unpaired) electrons. The first-order chi connectivity index (χ1) is 12.2. The second-order valence-electron chi connectivity index (χ2n) is 9.32. The summed E-state index contributed by atoms with van der Waals surface area (Å²) in [5.41, 5.74) is 9.75. The molecule has 26 heavy (non-hydrogen) atoms. The Morgan fingerprint density at radius 2 is 1.69 bits per heavy atom. The topological polar surface area (TPSA) is 9.26 Å². The Kier molecular flexibility index (Phi) is 2.84. The van der Waals surface area contributed by atoms with E-state index in [9.17, 15) is 0 Å². The minimum atomic E-state index is 0.172. The molecular weight excluding hydrogens is 318 g/mol. The summed E-state index contributed by atoms with van der Waals surface area (Å²) in [6, 6.07) is 14.8. The minimum absolute atomic E-state index is 0.172. The van der Waals surface area contributed by atoms with E-state index in [1.807, 2.05) is 0 Å². The molecule has 3 heteroatoms. The number of rotatable bonds is 0. The molecule has 0 fully saturated rings. The summed E-state index contributed by atoms with van der Waals surface area (Å²) in [7, 11) is 4.31. The van der Waals surface area contributed by atoms with Crippen LogP contribution < -0.4 is 9.48 Å². The molecule has 0 spiro atoms. The van der Waals surface area contributed by atoms with Crippen molar-refractivity contribution in [1.82, 2.24) is 4.58 Å². The first-order valence-corrected chi connectivity index (χ1v) is 9.57. The molecule has 0 unspecified atom stereocenters. The van der Waals surface area contributed by atoms with Crippen molar-refractivity contribution in [3.63, 3.8) is 0 Å². The molecule has 2 aliphatic heterocycles. The Labute approximate surface area is 155 Å². The largest absolute Gasteiger partial charge is 0.496 e. The third-order valence-corrected chi connectivity index (χ3v) is 6.70. The van der Waals surface area contributed by atoms with Crippen molar-refractivity contribution >= 4 is 34.4 Å². The number of para-hydroxylation sites is 1. The van der Waals surface area contributed by atoms with E-state index in [0.29, 0.717) is 0 Å². The van der Waals surface area contributed by atoms with Gasteiger partial charge in [-0.2, -0.15) is 0 Å². The predicted molar refractivity (Wildman–Crippen MR) is 109 cm³/mol. The standard InChI is InChI=1S/C23H27N3/c1-22(2)12-13-23(3,4)19-15(22)10-11-18-21(19)25(6)17-9-7-8-16-20(17)26(18)14-24(16)5/h7-11H,12-13H2,1-6H3/q+2. The molecule has 132 valence electrons. The van der Waals surface area contributed by atoms with E-state index >= 15 is 0 Å². The van der Waals surface area contributed by atoms with Crippen LogP contribution in [0.15, 0.2) is 30.3 Å². The van der Waals surface area contributed by atoms with Gasteiger partial charge in [0, 0.05) is 19.2 Å². The van der Waals surface area contributed by atoms with E-state index in [1.165, 1.54) is 52.4 Å². The van der Waals surface area contributed by atoms with Crippen molar-refractivity contribution < 1.29 is 4.58 Å². The van der Waals surface area contributed by atoms with Gasteiger partial charge >= 0.3 is 11.7 Å². The van der Waals surface area contributed by atoms with Gasteiger partial charge in [0.05, 0.1) is 0 Å². The highest BCUT2D eigenvalue weighted by Crippen LogP contribution is 2.57. The Morgan fingerprint density at radius 1 is 0.962 bits per heavy atom. The van der Waals surface area contributed by atoms with Gasteiger partial charge in [0.1, 0.15) is 11.4 Å². The highest BCUT2D eigenvalue weighted by molar-refractivity contribution is 5.97. The third kappa shape index (κ3) is 1.79. The van der Waals surface area contributed by atoms with Gasteiger partial charge in [-0.25, -0.2) is 0 Å². The molecule has 3 nitrogen and oxygen atoms in total. The van der Waals surface area contributed by atoms with E-state index in [4.69, 9.17) is 0 Å². The average molecular weight is 345 g/mol. The van der Waals surface area contributed by atoms with Gasteiger partial charge in [-0.3, -0.25) is 0 Å². The lowest BCUT2D eigenvalue weighted by atomic mass is 9.62. The smallest absolute Gasteiger partial charge is 0.333 e. The van der Waals surface area contributed by atoms with E-state index in [0.717, 1.165) is 0 Å². The summed E-state index contributed by atoms with van der Waals surface area (Å²) in [6.45, 7) is 9.60. The summed E-state index contributed by atoms with van der Waals surface area (Å²) in [5, 5.41) is 0. The Balaban J connectivity index is 1.91. The summed E-state index contributed by atoms with van der Waals surface area (Å²) >= 11 is 0. The highest BCUT2D eigenvalue weighted by atomic mass is 15.3. The molecule has 2 aromatic rings. The zero-order valence-corrected chi connectivity index (χ0v) is 16.6. The summed E-state index contributed by atoms with van der Waals surface area (Å²) in [4.78, 5) is 2.41. The van der Waals surface area contributed by atoms with Crippen LogP contribution in [0.25, 0.3) is 0 Å². The van der Waals surface area contributed by atoms with Crippen LogP contribution in [0.4, 0.5) is 28.4 Å². The summed E-state index contributed by atoms with van der Waals surface area (Å²) in [6.07, 6.45) is 2.46. The maximum Gasteiger partial charge on any atom is 0.496 e. The predicted octanol–water partition coefficient (Wildman–Crippen LogP) is 5.41. The van der Waals surface area contributed by atoms with E-state index in [1.54, 1.807) is 0 Å². The van der Waals surface area contributed by atoms with Gasteiger partial charge in [0.2, 0.25) is 0 Å². The average Bonchev–Trinajstić information content (AvgIpc) is 2.94. The molecule has 0 saturated carbocycles. The fourth-order valence-corrected chi connectivity index (χ4v) is 5.07. The third-order valence-electron chi connectivity index (χ3n) is 6.70. The van der Waals surface area contributed by atoms with Crippen LogP contribution >= 0.6 is 0 Å². The van der Waals surface area contributed by atoms with Crippen molar-refractivity contribution in [2.75, 3.05) is 19.0 Å². The van der Waals surface area contributed by atoms with Gasteiger partial charge in [0.15, 0.2) is 7.05 Å². The second-order valence-corrected chi connectivity index (χ2v) is 9.32. The molecular formula is C23H27N3+2. The molecule has 3 aliphatic rings. The lowest BCUT2D eigenvalue weighted by molar-refractivity contribution is -0.394. The van der Waals surface area contributed by atoms with Crippen molar-refractivity contribution in [2.45, 2.75) is 51.4 Å². The lowest BCUT2D eigenvalue weighted by Gasteiger charge is -2.44. The monoisotopic (exact) mass is 345 g/mol. The van der Waals surface area contributed by atoms with E-state index < -0.39 is 0 Å². The molecule has 0 amide bonds. The molecule has 0 N–H and O–H groups in total. The first kappa shape index (κ1) is 15.8. The number of hydrogen-bond donors (Lipinski definition) is 0. The maximum absolute atomic E-state index is 3.53. The van der Waals surface area contributed by atoms with E-state index in [-0.39, 0.29) is 10.8 Å². The fraction of sp³-hybridized carbons (Fsp3) is 0.435. The van der Waals surface area contributed by atoms with Crippen molar-refractivity contribution in [3.05, 3.63) is 41.5 Å². The normalized spacial score (nSPS) is 20.8. The SMILES string of the molecule is CN1c2cccc3c2[N+](=C=[N+]3C)c2ccc3c(c21)C(C)(C)CCC3(C)C. The van der Waals surface area contributed by atoms with Crippen LogP contribution in [0.5, 0.6) is 0 Å². The lowest BCUT2D eigenvalue weighted by Crippen LogP contribution is -2.36. The quantitative estimate of drug-likeness (QED) is 0.580. The van der Waals surface area contributed by atoms with Gasteiger partial charge in [-0.15, -0.1) is 0 Å². The molecule has 0 bridgehead atoms. The van der Waals surface area contributed by atoms with Crippen LogP contribution in [0, 0.1) is 0 Å². The molecule has 0 saturated heterocycles.